The highest BCUT2D eigenvalue weighted by Crippen LogP contribution is 2.30. The summed E-state index contributed by atoms with van der Waals surface area (Å²) in [7, 11) is 8.19. The first kappa shape index (κ1) is 18.8. The monoisotopic (exact) mass is 354 g/mol. The molecule has 0 radical (unpaired) electrons. The van der Waals surface area contributed by atoms with Crippen molar-refractivity contribution in [3.05, 3.63) is 83.9 Å². The zero-order chi connectivity index (χ0) is 17.1. The molecule has 130 valence electrons. The Balaban J connectivity index is 0.00000225. The molecule has 0 bridgehead atoms. The van der Waals surface area contributed by atoms with E-state index in [1.54, 1.807) is 6.26 Å². The van der Waals surface area contributed by atoms with Crippen molar-refractivity contribution < 1.29 is 21.4 Å². The van der Waals surface area contributed by atoms with Crippen LogP contribution in [0.1, 0.15) is 11.3 Å². The number of nitrogens with zero attached hydrogens (tertiary/aromatic N) is 2. The van der Waals surface area contributed by atoms with Gasteiger partial charge in [0.1, 0.15) is 19.9 Å². The van der Waals surface area contributed by atoms with E-state index in [0.717, 1.165) is 22.5 Å². The highest BCUT2D eigenvalue weighted by atomic mass is 35.5. The van der Waals surface area contributed by atoms with Crippen LogP contribution in [0.2, 0.25) is 0 Å². The number of halogens is 1. The van der Waals surface area contributed by atoms with E-state index in [2.05, 4.69) is 58.0 Å². The Morgan fingerprint density at radius 2 is 1.56 bits per heavy atom. The number of benzene rings is 1. The minimum Gasteiger partial charge on any atom is -1.00 e. The van der Waals surface area contributed by atoms with Gasteiger partial charge < -0.3 is 21.7 Å². The molecule has 0 aliphatic heterocycles. The molecule has 3 nitrogen and oxygen atoms in total. The average molecular weight is 355 g/mol. The number of allylic oxidation sites excluding steroid dienone is 5. The Morgan fingerprint density at radius 1 is 0.920 bits per heavy atom. The lowest BCUT2D eigenvalue weighted by molar-refractivity contribution is -0.462. The first-order valence-corrected chi connectivity index (χ1v) is 8.02. The molecule has 0 N–H and O–H groups in total. The summed E-state index contributed by atoms with van der Waals surface area (Å²) in [6.07, 6.45) is 10.3. The van der Waals surface area contributed by atoms with Gasteiger partial charge in [0.05, 0.1) is 6.26 Å². The molecule has 1 aliphatic rings. The summed E-state index contributed by atoms with van der Waals surface area (Å²) in [4.78, 5) is 2.10. The molecule has 1 heterocycles. The predicted molar refractivity (Wildman–Crippen MR) is 101 cm³/mol. The van der Waals surface area contributed by atoms with Gasteiger partial charge in [0.25, 0.3) is 0 Å². The van der Waals surface area contributed by atoms with Gasteiger partial charge >= 0.3 is 0 Å². The van der Waals surface area contributed by atoms with Gasteiger partial charge in [-0.2, -0.15) is 0 Å². The summed E-state index contributed by atoms with van der Waals surface area (Å²) in [5.74, 6) is 0.880. The Kier molecular flexibility index (Phi) is 6.05. The van der Waals surface area contributed by atoms with Gasteiger partial charge in [-0.25, -0.2) is 4.58 Å². The summed E-state index contributed by atoms with van der Waals surface area (Å²) in [6.45, 7) is 0. The van der Waals surface area contributed by atoms with E-state index in [4.69, 9.17) is 4.42 Å². The topological polar surface area (TPSA) is 19.4 Å². The minimum atomic E-state index is 0. The summed E-state index contributed by atoms with van der Waals surface area (Å²) in [5, 5.41) is 0. The number of hydrogen-bond donors (Lipinski definition) is 0. The van der Waals surface area contributed by atoms with Crippen LogP contribution >= 0.6 is 0 Å². The second-order valence-corrected chi connectivity index (χ2v) is 6.23. The van der Waals surface area contributed by atoms with Crippen LogP contribution in [0.3, 0.4) is 0 Å². The lowest BCUT2D eigenvalue weighted by atomic mass is 9.94. The van der Waals surface area contributed by atoms with E-state index < -0.39 is 0 Å². The molecule has 1 aliphatic carbocycles. The van der Waals surface area contributed by atoms with Crippen LogP contribution in [0.5, 0.6) is 0 Å². The van der Waals surface area contributed by atoms with Crippen molar-refractivity contribution in [1.82, 2.24) is 0 Å². The summed E-state index contributed by atoms with van der Waals surface area (Å²) in [5.41, 5.74) is 5.76. The smallest absolute Gasteiger partial charge is 0.199 e. The van der Waals surface area contributed by atoms with E-state index in [0.29, 0.717) is 0 Å². The van der Waals surface area contributed by atoms with Crippen LogP contribution in [0.25, 0.3) is 5.57 Å². The third-order valence-corrected chi connectivity index (χ3v) is 4.11. The van der Waals surface area contributed by atoms with Gasteiger partial charge in [-0.15, -0.1) is 0 Å². The summed E-state index contributed by atoms with van der Waals surface area (Å²) < 4.78 is 7.80. The SMILES string of the molecule is CN(C)c1ccc(C(=C2C=CC(=[N+](C)C)C=C2)c2ccco2)cc1.[Cl-]. The van der Waals surface area contributed by atoms with E-state index in [-0.39, 0.29) is 12.4 Å². The molecular formula is C21H23ClN2O. The molecule has 25 heavy (non-hydrogen) atoms. The van der Waals surface area contributed by atoms with Crippen LogP contribution in [-0.4, -0.2) is 38.5 Å². The fraction of sp³-hybridized carbons (Fsp3) is 0.190. The number of anilines is 1. The van der Waals surface area contributed by atoms with E-state index in [1.165, 1.54) is 11.4 Å². The van der Waals surface area contributed by atoms with Crippen molar-refractivity contribution in [2.45, 2.75) is 0 Å². The van der Waals surface area contributed by atoms with Gasteiger partial charge in [0.2, 0.25) is 0 Å². The molecule has 0 amide bonds. The Morgan fingerprint density at radius 3 is 2.04 bits per heavy atom. The maximum Gasteiger partial charge on any atom is 0.199 e. The van der Waals surface area contributed by atoms with Gasteiger partial charge in [-0.05, 0) is 47.6 Å². The maximum atomic E-state index is 5.70. The molecule has 0 saturated carbocycles. The number of hydrogen-bond acceptors (Lipinski definition) is 2. The van der Waals surface area contributed by atoms with Gasteiger partial charge in [-0.1, -0.05) is 12.1 Å². The van der Waals surface area contributed by atoms with Crippen molar-refractivity contribution >= 4 is 17.0 Å². The second-order valence-electron chi connectivity index (χ2n) is 6.23. The third-order valence-electron chi connectivity index (χ3n) is 4.11. The lowest BCUT2D eigenvalue weighted by Gasteiger charge is -2.15. The number of rotatable bonds is 3. The lowest BCUT2D eigenvalue weighted by Crippen LogP contribution is -3.00. The van der Waals surface area contributed by atoms with Crippen molar-refractivity contribution in [2.75, 3.05) is 33.1 Å². The van der Waals surface area contributed by atoms with Crippen molar-refractivity contribution in [1.29, 1.82) is 0 Å². The molecule has 0 unspecified atom stereocenters. The zero-order valence-electron chi connectivity index (χ0n) is 15.0. The van der Waals surface area contributed by atoms with Crippen LogP contribution in [0.15, 0.2) is 77.0 Å². The molecule has 0 atom stereocenters. The van der Waals surface area contributed by atoms with Crippen molar-refractivity contribution in [3.8, 4) is 0 Å². The predicted octanol–water partition coefficient (Wildman–Crippen LogP) is 0.991. The molecule has 0 spiro atoms. The Bertz CT molecular complexity index is 817. The van der Waals surface area contributed by atoms with E-state index >= 15 is 0 Å². The molecule has 1 aromatic heterocycles. The standard InChI is InChI=1S/C21H23N2O.ClH/c1-22(2)18-11-7-16(8-12-18)21(20-6-5-15-24-20)17-9-13-19(14-10-17)23(3)4;/h5-15H,1-4H3;1H/q+1;/p-1. The maximum absolute atomic E-state index is 5.70. The first-order valence-electron chi connectivity index (χ1n) is 8.02. The van der Waals surface area contributed by atoms with Gasteiger partial charge in [0.15, 0.2) is 5.71 Å². The van der Waals surface area contributed by atoms with Crippen molar-refractivity contribution in [2.24, 2.45) is 0 Å². The molecule has 1 aromatic carbocycles. The Hall–Kier alpha value is -2.52. The molecule has 2 aromatic rings. The molecule has 3 rings (SSSR count). The quantitative estimate of drug-likeness (QED) is 0.766. The van der Waals surface area contributed by atoms with Crippen LogP contribution in [-0.2, 0) is 0 Å². The van der Waals surface area contributed by atoms with Gasteiger partial charge in [-0.3, -0.25) is 0 Å². The van der Waals surface area contributed by atoms with Crippen molar-refractivity contribution in [3.63, 3.8) is 0 Å². The summed E-state index contributed by atoms with van der Waals surface area (Å²) >= 11 is 0. The molecule has 4 heteroatoms. The van der Waals surface area contributed by atoms with Crippen LogP contribution in [0.4, 0.5) is 5.69 Å². The first-order chi connectivity index (χ1) is 11.6. The van der Waals surface area contributed by atoms with Crippen LogP contribution < -0.4 is 17.3 Å². The fourth-order valence-electron chi connectivity index (χ4n) is 2.72. The fourth-order valence-corrected chi connectivity index (χ4v) is 2.72. The molecule has 0 fully saturated rings. The van der Waals surface area contributed by atoms with Crippen LogP contribution in [0, 0.1) is 0 Å². The van der Waals surface area contributed by atoms with E-state index in [1.807, 2.05) is 40.3 Å². The normalized spacial score (nSPS) is 12.8. The minimum absolute atomic E-state index is 0. The Labute approximate surface area is 155 Å². The highest BCUT2D eigenvalue weighted by Gasteiger charge is 2.15. The molecular weight excluding hydrogens is 332 g/mol. The second kappa shape index (κ2) is 8.04. The van der Waals surface area contributed by atoms with Gasteiger partial charge in [0, 0.05) is 37.5 Å². The zero-order valence-corrected chi connectivity index (χ0v) is 15.8. The highest BCUT2D eigenvalue weighted by molar-refractivity contribution is 6.03. The largest absolute Gasteiger partial charge is 1.00 e. The third kappa shape index (κ3) is 4.12. The summed E-state index contributed by atoms with van der Waals surface area (Å²) in [6, 6.07) is 12.5. The number of furan rings is 1. The molecule has 0 saturated heterocycles. The van der Waals surface area contributed by atoms with E-state index in [9.17, 15) is 0 Å². The average Bonchev–Trinajstić information content (AvgIpc) is 3.10.